The van der Waals surface area contributed by atoms with E-state index >= 15 is 0 Å². The number of nitrogens with zero attached hydrogens (tertiary/aromatic N) is 1. The highest BCUT2D eigenvalue weighted by atomic mass is 31.1. The summed E-state index contributed by atoms with van der Waals surface area (Å²) < 4.78 is 0. The number of rotatable bonds is 5. The minimum absolute atomic E-state index is 0.272. The van der Waals surface area contributed by atoms with Crippen molar-refractivity contribution < 1.29 is 9.90 Å². The van der Waals surface area contributed by atoms with Crippen LogP contribution in [0.5, 0.6) is 0 Å². The minimum Gasteiger partial charge on any atom is -0.477 e. The predicted molar refractivity (Wildman–Crippen MR) is 106 cm³/mol. The molecule has 0 radical (unpaired) electrons. The number of aliphatic carboxylic acids is 1. The first kappa shape index (κ1) is 17.6. The first-order valence-corrected chi connectivity index (χ1v) is 9.38. The highest BCUT2D eigenvalue weighted by Gasteiger charge is 2.16. The Balaban J connectivity index is 2.01. The van der Waals surface area contributed by atoms with Crippen LogP contribution in [0.2, 0.25) is 0 Å². The van der Waals surface area contributed by atoms with E-state index in [1.54, 1.807) is 6.07 Å². The monoisotopic (exact) mass is 357 g/mol. The van der Waals surface area contributed by atoms with E-state index < -0.39 is 13.9 Å². The first-order valence-electron chi connectivity index (χ1n) is 8.04. The van der Waals surface area contributed by atoms with Gasteiger partial charge in [0.05, 0.1) is 0 Å². The van der Waals surface area contributed by atoms with Crippen LogP contribution in [0.1, 0.15) is 5.56 Å². The van der Waals surface area contributed by atoms with Gasteiger partial charge in [0.2, 0.25) is 0 Å². The Hall–Kier alpha value is -3.21. The van der Waals surface area contributed by atoms with Gasteiger partial charge in [-0.25, -0.2) is 4.79 Å². The fourth-order valence-electron chi connectivity index (χ4n) is 2.63. The van der Waals surface area contributed by atoms with Crippen molar-refractivity contribution in [2.75, 3.05) is 0 Å². The van der Waals surface area contributed by atoms with E-state index in [0.29, 0.717) is 5.56 Å². The van der Waals surface area contributed by atoms with Gasteiger partial charge in [-0.2, -0.15) is 5.26 Å². The Bertz CT molecular complexity index is 919. The third-order valence-electron chi connectivity index (χ3n) is 3.84. The van der Waals surface area contributed by atoms with Crippen molar-refractivity contribution in [1.82, 2.24) is 0 Å². The predicted octanol–water partition coefficient (Wildman–Crippen LogP) is 3.44. The topological polar surface area (TPSA) is 61.1 Å². The summed E-state index contributed by atoms with van der Waals surface area (Å²) >= 11 is 0. The lowest BCUT2D eigenvalue weighted by Gasteiger charge is -2.19. The summed E-state index contributed by atoms with van der Waals surface area (Å²) in [6.45, 7) is 0. The largest absolute Gasteiger partial charge is 0.477 e. The Kier molecular flexibility index (Phi) is 5.59. The van der Waals surface area contributed by atoms with E-state index in [1.165, 1.54) is 22.0 Å². The van der Waals surface area contributed by atoms with E-state index in [4.69, 9.17) is 10.4 Å². The maximum absolute atomic E-state index is 11.0. The lowest BCUT2D eigenvalue weighted by molar-refractivity contribution is -0.132. The highest BCUT2D eigenvalue weighted by Crippen LogP contribution is 2.32. The Morgan fingerprint density at radius 2 is 1.27 bits per heavy atom. The van der Waals surface area contributed by atoms with Gasteiger partial charge in [0, 0.05) is 0 Å². The molecule has 1 N–H and O–H groups in total. The summed E-state index contributed by atoms with van der Waals surface area (Å²) in [7, 11) is -0.697. The molecule has 4 heteroatoms. The molecule has 0 amide bonds. The zero-order chi connectivity index (χ0) is 18.4. The second-order valence-corrected chi connectivity index (χ2v) is 7.79. The van der Waals surface area contributed by atoms with Crippen LogP contribution in [0.25, 0.3) is 6.08 Å². The molecule has 3 rings (SSSR count). The minimum atomic E-state index is -1.22. The summed E-state index contributed by atoms with van der Waals surface area (Å²) in [5.74, 6) is -1.22. The quantitative estimate of drug-likeness (QED) is 0.432. The highest BCUT2D eigenvalue weighted by molar-refractivity contribution is 7.79. The van der Waals surface area contributed by atoms with Crippen LogP contribution in [0.15, 0.2) is 90.5 Å². The van der Waals surface area contributed by atoms with Crippen LogP contribution in [0, 0.1) is 11.3 Å². The van der Waals surface area contributed by atoms with Gasteiger partial charge in [-0.1, -0.05) is 84.9 Å². The molecule has 0 atom stereocenters. The summed E-state index contributed by atoms with van der Waals surface area (Å²) in [6, 6.07) is 30.1. The molecule has 26 heavy (non-hydrogen) atoms. The molecule has 0 aromatic heterocycles. The van der Waals surface area contributed by atoms with Gasteiger partial charge in [-0.05, 0) is 35.5 Å². The molecule has 0 aliphatic rings. The SMILES string of the molecule is N#CC(=Cc1ccc(P(c2ccccc2)c2ccccc2)cc1)C(=O)O. The fourth-order valence-corrected chi connectivity index (χ4v) is 4.91. The molecule has 0 fully saturated rings. The number of hydrogen-bond donors (Lipinski definition) is 1. The lowest BCUT2D eigenvalue weighted by Crippen LogP contribution is -2.20. The molecule has 0 bridgehead atoms. The van der Waals surface area contributed by atoms with Crippen molar-refractivity contribution in [3.8, 4) is 6.07 Å². The van der Waals surface area contributed by atoms with E-state index in [-0.39, 0.29) is 5.57 Å². The number of carbonyl (C=O) groups is 1. The number of carboxylic acids is 1. The van der Waals surface area contributed by atoms with Crippen molar-refractivity contribution in [3.63, 3.8) is 0 Å². The molecule has 0 saturated carbocycles. The Morgan fingerprint density at radius 3 is 1.69 bits per heavy atom. The second-order valence-electron chi connectivity index (χ2n) is 5.57. The molecule has 0 saturated heterocycles. The van der Waals surface area contributed by atoms with Crippen molar-refractivity contribution in [2.45, 2.75) is 0 Å². The lowest BCUT2D eigenvalue weighted by atomic mass is 10.1. The van der Waals surface area contributed by atoms with Gasteiger partial charge in [0.25, 0.3) is 0 Å². The first-order chi connectivity index (χ1) is 12.7. The van der Waals surface area contributed by atoms with E-state index in [9.17, 15) is 4.79 Å². The molecule has 126 valence electrons. The smallest absolute Gasteiger partial charge is 0.346 e. The molecule has 0 unspecified atom stereocenters. The molecule has 3 aromatic rings. The second kappa shape index (κ2) is 8.25. The van der Waals surface area contributed by atoms with Gasteiger partial charge < -0.3 is 5.11 Å². The maximum atomic E-state index is 11.0. The normalized spacial score (nSPS) is 11.2. The zero-order valence-electron chi connectivity index (χ0n) is 13.9. The fraction of sp³-hybridized carbons (Fsp3) is 0. The summed E-state index contributed by atoms with van der Waals surface area (Å²) in [4.78, 5) is 11.0. The summed E-state index contributed by atoms with van der Waals surface area (Å²) in [5.41, 5.74) is 0.426. The van der Waals surface area contributed by atoms with Crippen molar-refractivity contribution in [1.29, 1.82) is 5.26 Å². The molecular weight excluding hydrogens is 341 g/mol. The maximum Gasteiger partial charge on any atom is 0.346 e. The molecule has 0 heterocycles. The molecule has 3 aromatic carbocycles. The van der Waals surface area contributed by atoms with Gasteiger partial charge in [-0.15, -0.1) is 0 Å². The van der Waals surface area contributed by atoms with E-state index in [2.05, 4.69) is 24.3 Å². The van der Waals surface area contributed by atoms with E-state index in [0.717, 1.165) is 0 Å². The van der Waals surface area contributed by atoms with Crippen LogP contribution < -0.4 is 15.9 Å². The Labute approximate surface area is 153 Å². The number of carboxylic acid groups (broad SMARTS) is 1. The molecular formula is C22H16NO2P. The molecule has 0 spiro atoms. The summed E-state index contributed by atoms with van der Waals surface area (Å²) in [5, 5.41) is 21.6. The van der Waals surface area contributed by atoms with Crippen LogP contribution in [-0.2, 0) is 4.79 Å². The zero-order valence-corrected chi connectivity index (χ0v) is 14.8. The van der Waals surface area contributed by atoms with Gasteiger partial charge in [0.15, 0.2) is 0 Å². The van der Waals surface area contributed by atoms with Crippen LogP contribution in [0.4, 0.5) is 0 Å². The van der Waals surface area contributed by atoms with Crippen molar-refractivity contribution in [2.24, 2.45) is 0 Å². The van der Waals surface area contributed by atoms with E-state index in [1.807, 2.05) is 60.7 Å². The molecule has 0 aliphatic carbocycles. The van der Waals surface area contributed by atoms with Crippen LogP contribution >= 0.6 is 7.92 Å². The average molecular weight is 357 g/mol. The number of hydrogen-bond acceptors (Lipinski definition) is 2. The van der Waals surface area contributed by atoms with Crippen LogP contribution in [0.3, 0.4) is 0 Å². The number of nitriles is 1. The van der Waals surface area contributed by atoms with Gasteiger partial charge in [-0.3, -0.25) is 0 Å². The average Bonchev–Trinajstić information content (AvgIpc) is 2.69. The van der Waals surface area contributed by atoms with Gasteiger partial charge >= 0.3 is 5.97 Å². The molecule has 0 aliphatic heterocycles. The van der Waals surface area contributed by atoms with Crippen LogP contribution in [-0.4, -0.2) is 11.1 Å². The van der Waals surface area contributed by atoms with Crippen molar-refractivity contribution in [3.05, 3.63) is 96.1 Å². The van der Waals surface area contributed by atoms with Crippen molar-refractivity contribution >= 4 is 35.9 Å². The molecule has 3 nitrogen and oxygen atoms in total. The third-order valence-corrected chi connectivity index (χ3v) is 6.29. The standard InChI is InChI=1S/C22H16NO2P/c23-16-18(22(24)25)15-17-11-13-21(14-12-17)26(19-7-3-1-4-8-19)20-9-5-2-6-10-20/h1-15H,(H,24,25). The Morgan fingerprint density at radius 1 is 0.808 bits per heavy atom. The van der Waals surface area contributed by atoms with Gasteiger partial charge in [0.1, 0.15) is 11.6 Å². The summed E-state index contributed by atoms with van der Waals surface area (Å²) in [6.07, 6.45) is 1.39. The third kappa shape index (κ3) is 4.06. The number of benzene rings is 3.